The quantitative estimate of drug-likeness (QED) is 0.519. The molecule has 1 aliphatic heterocycles. The molecule has 2 heterocycles. The number of aromatic nitrogens is 1. The fourth-order valence-electron chi connectivity index (χ4n) is 3.61. The van der Waals surface area contributed by atoms with Crippen molar-refractivity contribution in [3.05, 3.63) is 76.1 Å². The van der Waals surface area contributed by atoms with Crippen molar-refractivity contribution in [2.75, 3.05) is 5.32 Å². The van der Waals surface area contributed by atoms with Crippen LogP contribution in [-0.4, -0.2) is 9.91 Å². The van der Waals surface area contributed by atoms with Gasteiger partial charge in [-0.1, -0.05) is 30.4 Å². The standard InChI is InChI=1S/C17H15N3O2/c21-20(22)15-9-4-7-13-11-5-3-6-12(11)16(19-17(13)15)14-8-1-2-10-18-14/h1-5,7-12,16,19H,6H2/t11-,12+,16+/m1/s1. The van der Waals surface area contributed by atoms with Crippen LogP contribution in [0.4, 0.5) is 11.4 Å². The number of benzene rings is 1. The first-order valence-electron chi connectivity index (χ1n) is 7.37. The highest BCUT2D eigenvalue weighted by Crippen LogP contribution is 2.51. The predicted molar refractivity (Wildman–Crippen MR) is 83.7 cm³/mol. The lowest BCUT2D eigenvalue weighted by molar-refractivity contribution is -0.384. The third-order valence-corrected chi connectivity index (χ3v) is 4.58. The van der Waals surface area contributed by atoms with Crippen molar-refractivity contribution < 1.29 is 4.92 Å². The number of nitrogens with zero attached hydrogens (tertiary/aromatic N) is 2. The molecular weight excluding hydrogens is 278 g/mol. The number of nitrogens with one attached hydrogen (secondary N) is 1. The second-order valence-electron chi connectivity index (χ2n) is 5.73. The molecular formula is C17H15N3O2. The van der Waals surface area contributed by atoms with Crippen LogP contribution in [-0.2, 0) is 0 Å². The fraction of sp³-hybridized carbons (Fsp3) is 0.235. The summed E-state index contributed by atoms with van der Waals surface area (Å²) in [6.45, 7) is 0. The van der Waals surface area contributed by atoms with Gasteiger partial charge in [-0.2, -0.15) is 0 Å². The Morgan fingerprint density at radius 1 is 1.23 bits per heavy atom. The Morgan fingerprint density at radius 3 is 2.91 bits per heavy atom. The van der Waals surface area contributed by atoms with E-state index in [2.05, 4.69) is 22.5 Å². The zero-order chi connectivity index (χ0) is 15.1. The van der Waals surface area contributed by atoms with Gasteiger partial charge in [-0.05, 0) is 30.0 Å². The highest BCUT2D eigenvalue weighted by Gasteiger charge is 2.40. The number of hydrogen-bond acceptors (Lipinski definition) is 4. The van der Waals surface area contributed by atoms with Gasteiger partial charge in [0.2, 0.25) is 0 Å². The molecule has 0 amide bonds. The van der Waals surface area contributed by atoms with Crippen molar-refractivity contribution >= 4 is 11.4 Å². The number of hydrogen-bond donors (Lipinski definition) is 1. The van der Waals surface area contributed by atoms with Crippen LogP contribution in [0, 0.1) is 16.0 Å². The number of fused-ring (bicyclic) bond motifs is 3. The summed E-state index contributed by atoms with van der Waals surface area (Å²) in [5.41, 5.74) is 2.72. The monoisotopic (exact) mass is 293 g/mol. The molecule has 22 heavy (non-hydrogen) atoms. The number of nitro groups is 1. The molecule has 110 valence electrons. The van der Waals surface area contributed by atoms with Crippen LogP contribution in [0.2, 0.25) is 0 Å². The highest BCUT2D eigenvalue weighted by atomic mass is 16.6. The molecule has 0 fully saturated rings. The molecule has 1 aromatic carbocycles. The van der Waals surface area contributed by atoms with E-state index in [1.807, 2.05) is 24.3 Å². The summed E-state index contributed by atoms with van der Waals surface area (Å²) in [7, 11) is 0. The van der Waals surface area contributed by atoms with E-state index in [0.29, 0.717) is 11.6 Å². The molecule has 0 saturated heterocycles. The molecule has 0 saturated carbocycles. The number of allylic oxidation sites excluding steroid dienone is 2. The van der Waals surface area contributed by atoms with Crippen LogP contribution in [0.5, 0.6) is 0 Å². The molecule has 0 unspecified atom stereocenters. The fourth-order valence-corrected chi connectivity index (χ4v) is 3.61. The van der Waals surface area contributed by atoms with Crippen LogP contribution in [0.1, 0.15) is 29.6 Å². The zero-order valence-electron chi connectivity index (χ0n) is 11.8. The molecule has 1 aliphatic carbocycles. The van der Waals surface area contributed by atoms with Gasteiger partial charge in [0.15, 0.2) is 0 Å². The molecule has 1 aromatic heterocycles. The van der Waals surface area contributed by atoms with E-state index in [9.17, 15) is 10.1 Å². The van der Waals surface area contributed by atoms with Crippen LogP contribution in [0.25, 0.3) is 0 Å². The second-order valence-corrected chi connectivity index (χ2v) is 5.73. The van der Waals surface area contributed by atoms with Crippen LogP contribution < -0.4 is 5.32 Å². The minimum Gasteiger partial charge on any atom is -0.371 e. The van der Waals surface area contributed by atoms with E-state index < -0.39 is 0 Å². The molecule has 5 heteroatoms. The average Bonchev–Trinajstić information content (AvgIpc) is 3.04. The molecule has 3 atom stereocenters. The molecule has 0 radical (unpaired) electrons. The molecule has 4 rings (SSSR count). The van der Waals surface area contributed by atoms with Crippen molar-refractivity contribution in [3.63, 3.8) is 0 Å². The Labute approximate surface area is 127 Å². The zero-order valence-corrected chi connectivity index (χ0v) is 11.8. The van der Waals surface area contributed by atoms with Gasteiger partial charge in [0.05, 0.1) is 16.7 Å². The maximum atomic E-state index is 11.3. The van der Waals surface area contributed by atoms with Gasteiger partial charge in [0, 0.05) is 18.2 Å². The van der Waals surface area contributed by atoms with Gasteiger partial charge in [-0.3, -0.25) is 15.1 Å². The largest absolute Gasteiger partial charge is 0.371 e. The van der Waals surface area contributed by atoms with Crippen molar-refractivity contribution in [1.82, 2.24) is 4.98 Å². The Morgan fingerprint density at radius 2 is 2.14 bits per heavy atom. The Hall–Kier alpha value is -2.69. The Balaban J connectivity index is 1.85. The summed E-state index contributed by atoms with van der Waals surface area (Å²) in [4.78, 5) is 15.5. The normalized spacial score (nSPS) is 25.2. The second kappa shape index (κ2) is 4.94. The number of nitro benzene ring substituents is 1. The van der Waals surface area contributed by atoms with E-state index in [1.165, 1.54) is 0 Å². The van der Waals surface area contributed by atoms with E-state index in [0.717, 1.165) is 17.7 Å². The molecule has 2 aromatic rings. The third-order valence-electron chi connectivity index (χ3n) is 4.58. The topological polar surface area (TPSA) is 68.1 Å². The van der Waals surface area contributed by atoms with E-state index in [-0.39, 0.29) is 22.6 Å². The minimum atomic E-state index is -0.319. The first kappa shape index (κ1) is 13.0. The van der Waals surface area contributed by atoms with Gasteiger partial charge in [-0.15, -0.1) is 0 Å². The SMILES string of the molecule is O=[N+]([O-])c1cccc2c1N[C@H](c1ccccn1)[C@H]1CC=C[C@@H]21. The highest BCUT2D eigenvalue weighted by molar-refractivity contribution is 5.70. The summed E-state index contributed by atoms with van der Waals surface area (Å²) in [6.07, 6.45) is 7.06. The smallest absolute Gasteiger partial charge is 0.292 e. The van der Waals surface area contributed by atoms with Gasteiger partial charge in [-0.25, -0.2) is 0 Å². The minimum absolute atomic E-state index is 0.00481. The van der Waals surface area contributed by atoms with Gasteiger partial charge >= 0.3 is 0 Å². The van der Waals surface area contributed by atoms with Crippen molar-refractivity contribution in [2.45, 2.75) is 18.4 Å². The number of pyridine rings is 1. The Bertz CT molecular complexity index is 758. The lowest BCUT2D eigenvalue weighted by Gasteiger charge is -2.36. The van der Waals surface area contributed by atoms with Crippen molar-refractivity contribution in [3.8, 4) is 0 Å². The predicted octanol–water partition coefficient (Wildman–Crippen LogP) is 3.82. The van der Waals surface area contributed by atoms with Crippen LogP contribution in [0.15, 0.2) is 54.7 Å². The summed E-state index contributed by atoms with van der Waals surface area (Å²) in [6, 6.07) is 11.1. The van der Waals surface area contributed by atoms with E-state index in [1.54, 1.807) is 18.3 Å². The summed E-state index contributed by atoms with van der Waals surface area (Å²) in [5.74, 6) is 0.563. The molecule has 0 bridgehead atoms. The number of anilines is 1. The molecule has 5 nitrogen and oxygen atoms in total. The summed E-state index contributed by atoms with van der Waals surface area (Å²) < 4.78 is 0. The van der Waals surface area contributed by atoms with Crippen LogP contribution >= 0.6 is 0 Å². The average molecular weight is 293 g/mol. The van der Waals surface area contributed by atoms with Gasteiger partial charge in [0.25, 0.3) is 5.69 Å². The molecule has 1 N–H and O–H groups in total. The van der Waals surface area contributed by atoms with Crippen molar-refractivity contribution in [1.29, 1.82) is 0 Å². The van der Waals surface area contributed by atoms with E-state index in [4.69, 9.17) is 0 Å². The summed E-state index contributed by atoms with van der Waals surface area (Å²) in [5, 5.41) is 14.7. The first-order chi connectivity index (χ1) is 10.8. The maximum absolute atomic E-state index is 11.3. The van der Waals surface area contributed by atoms with Gasteiger partial charge < -0.3 is 5.32 Å². The van der Waals surface area contributed by atoms with Crippen LogP contribution in [0.3, 0.4) is 0 Å². The summed E-state index contributed by atoms with van der Waals surface area (Å²) >= 11 is 0. The first-order valence-corrected chi connectivity index (χ1v) is 7.37. The lowest BCUT2D eigenvalue weighted by Crippen LogP contribution is -2.30. The van der Waals surface area contributed by atoms with Crippen molar-refractivity contribution in [2.24, 2.45) is 5.92 Å². The number of rotatable bonds is 2. The molecule has 0 spiro atoms. The number of para-hydroxylation sites is 1. The third kappa shape index (κ3) is 1.89. The molecule has 2 aliphatic rings. The Kier molecular flexibility index (Phi) is 2.92. The lowest BCUT2D eigenvalue weighted by atomic mass is 9.78. The van der Waals surface area contributed by atoms with E-state index >= 15 is 0 Å². The van der Waals surface area contributed by atoms with Gasteiger partial charge in [0.1, 0.15) is 5.69 Å². The maximum Gasteiger partial charge on any atom is 0.292 e.